The molecule has 0 amide bonds. The molecule has 0 rings (SSSR count). The first-order valence-corrected chi connectivity index (χ1v) is 7.21. The molecule has 0 saturated carbocycles. The average Bonchev–Trinajstić information content (AvgIpc) is 2.26. The second kappa shape index (κ2) is 9.24. The van der Waals surface area contributed by atoms with Crippen LogP contribution in [0.3, 0.4) is 0 Å². The monoisotopic (exact) mass is 282 g/mol. The van der Waals surface area contributed by atoms with Gasteiger partial charge < -0.3 is 24.0 Å². The van der Waals surface area contributed by atoms with E-state index in [4.69, 9.17) is 24.0 Å². The summed E-state index contributed by atoms with van der Waals surface area (Å²) in [6, 6.07) is 0. The summed E-state index contributed by atoms with van der Waals surface area (Å²) in [4.78, 5) is 28.2. The van der Waals surface area contributed by atoms with Crippen molar-refractivity contribution in [3.8, 4) is 0 Å². The van der Waals surface area contributed by atoms with E-state index < -0.39 is 13.6 Å². The zero-order chi connectivity index (χ0) is 14.0. The zero-order valence-corrected chi connectivity index (χ0v) is 11.2. The second-order valence-electron chi connectivity index (χ2n) is 3.38. The molecule has 0 aliphatic rings. The standard InChI is InChI=1S/C10H19O7P/c1-3-17-10(11)9(2)8-16-5-4-15-6-7-18(12,13)14/h2-8H2,1H3,(H2,12,13,14). The van der Waals surface area contributed by atoms with Crippen LogP contribution in [-0.2, 0) is 23.6 Å². The topological polar surface area (TPSA) is 102 Å². The van der Waals surface area contributed by atoms with E-state index in [1.54, 1.807) is 6.92 Å². The first kappa shape index (κ1) is 17.3. The van der Waals surface area contributed by atoms with Crippen molar-refractivity contribution < 1.29 is 33.4 Å². The van der Waals surface area contributed by atoms with Crippen LogP contribution in [0.15, 0.2) is 12.2 Å². The summed E-state index contributed by atoms with van der Waals surface area (Å²) in [6.07, 6.45) is -0.317. The number of carbonyl (C=O) groups is 1. The normalized spacial score (nSPS) is 11.3. The fourth-order valence-corrected chi connectivity index (χ4v) is 1.26. The van der Waals surface area contributed by atoms with Crippen LogP contribution in [0.2, 0.25) is 0 Å². The number of ether oxygens (including phenoxy) is 3. The van der Waals surface area contributed by atoms with Crippen LogP contribution in [0.25, 0.3) is 0 Å². The molecule has 0 radical (unpaired) electrons. The summed E-state index contributed by atoms with van der Waals surface area (Å²) in [5, 5.41) is 0. The molecule has 106 valence electrons. The smallest absolute Gasteiger partial charge is 0.335 e. The molecule has 0 aromatic heterocycles. The van der Waals surface area contributed by atoms with Gasteiger partial charge in [0.1, 0.15) is 0 Å². The van der Waals surface area contributed by atoms with Gasteiger partial charge in [0.15, 0.2) is 0 Å². The molecule has 2 N–H and O–H groups in total. The molecular formula is C10H19O7P. The van der Waals surface area contributed by atoms with Crippen molar-refractivity contribution in [3.63, 3.8) is 0 Å². The predicted molar refractivity (Wildman–Crippen MR) is 64.3 cm³/mol. The lowest BCUT2D eigenvalue weighted by Crippen LogP contribution is -2.14. The first-order chi connectivity index (χ1) is 8.37. The Morgan fingerprint density at radius 1 is 1.22 bits per heavy atom. The minimum atomic E-state index is -4.00. The van der Waals surface area contributed by atoms with Crippen LogP contribution in [0.1, 0.15) is 6.92 Å². The van der Waals surface area contributed by atoms with E-state index in [9.17, 15) is 9.36 Å². The van der Waals surface area contributed by atoms with E-state index in [0.29, 0.717) is 0 Å². The van der Waals surface area contributed by atoms with Crippen molar-refractivity contribution in [2.45, 2.75) is 6.92 Å². The highest BCUT2D eigenvalue weighted by Crippen LogP contribution is 2.33. The minimum Gasteiger partial charge on any atom is -0.463 e. The number of carbonyl (C=O) groups excluding carboxylic acids is 1. The van der Waals surface area contributed by atoms with Crippen molar-refractivity contribution in [2.75, 3.05) is 39.2 Å². The highest BCUT2D eigenvalue weighted by molar-refractivity contribution is 7.51. The van der Waals surface area contributed by atoms with Gasteiger partial charge in [-0.3, -0.25) is 4.57 Å². The Hall–Kier alpha value is -0.720. The summed E-state index contributed by atoms with van der Waals surface area (Å²) in [5.41, 5.74) is 0.215. The molecule has 0 bridgehead atoms. The van der Waals surface area contributed by atoms with Crippen molar-refractivity contribution in [2.24, 2.45) is 0 Å². The largest absolute Gasteiger partial charge is 0.463 e. The Bertz CT molecular complexity index is 309. The van der Waals surface area contributed by atoms with Crippen LogP contribution in [0, 0.1) is 0 Å². The fourth-order valence-electron chi connectivity index (χ4n) is 0.891. The third-order valence-electron chi connectivity index (χ3n) is 1.74. The number of esters is 1. The van der Waals surface area contributed by atoms with Gasteiger partial charge in [0, 0.05) is 0 Å². The van der Waals surface area contributed by atoms with Crippen LogP contribution < -0.4 is 0 Å². The van der Waals surface area contributed by atoms with Gasteiger partial charge in [-0.2, -0.15) is 0 Å². The van der Waals surface area contributed by atoms with Crippen molar-refractivity contribution in [1.29, 1.82) is 0 Å². The zero-order valence-electron chi connectivity index (χ0n) is 10.3. The van der Waals surface area contributed by atoms with Gasteiger partial charge in [0.25, 0.3) is 0 Å². The Morgan fingerprint density at radius 2 is 1.83 bits per heavy atom. The van der Waals surface area contributed by atoms with Crippen molar-refractivity contribution in [1.82, 2.24) is 0 Å². The van der Waals surface area contributed by atoms with E-state index in [-0.39, 0.29) is 44.8 Å². The van der Waals surface area contributed by atoms with Crippen LogP contribution in [-0.4, -0.2) is 55.0 Å². The Morgan fingerprint density at radius 3 is 2.39 bits per heavy atom. The van der Waals surface area contributed by atoms with E-state index in [1.165, 1.54) is 0 Å². The lowest BCUT2D eigenvalue weighted by molar-refractivity contribution is -0.139. The quantitative estimate of drug-likeness (QED) is 0.257. The summed E-state index contributed by atoms with van der Waals surface area (Å²) in [7, 11) is -4.00. The molecule has 0 aromatic rings. The van der Waals surface area contributed by atoms with Gasteiger partial charge in [-0.1, -0.05) is 6.58 Å². The molecule has 0 atom stereocenters. The Balaban J connectivity index is 3.43. The molecule has 0 spiro atoms. The molecule has 8 heteroatoms. The molecule has 0 saturated heterocycles. The summed E-state index contributed by atoms with van der Waals surface area (Å²) in [6.45, 7) is 5.88. The molecule has 0 aliphatic heterocycles. The Labute approximate surface area is 106 Å². The maximum absolute atomic E-state index is 11.1. The van der Waals surface area contributed by atoms with Crippen LogP contribution in [0.4, 0.5) is 0 Å². The Kier molecular flexibility index (Phi) is 8.87. The predicted octanol–water partition coefficient (Wildman–Crippen LogP) is 0.317. The van der Waals surface area contributed by atoms with Crippen LogP contribution >= 0.6 is 7.60 Å². The maximum Gasteiger partial charge on any atom is 0.335 e. The highest BCUT2D eigenvalue weighted by atomic mass is 31.2. The number of hydrogen-bond acceptors (Lipinski definition) is 5. The van der Waals surface area contributed by atoms with Gasteiger partial charge in [0.05, 0.1) is 44.8 Å². The van der Waals surface area contributed by atoms with E-state index >= 15 is 0 Å². The van der Waals surface area contributed by atoms with Gasteiger partial charge in [-0.25, -0.2) is 4.79 Å². The fraction of sp³-hybridized carbons (Fsp3) is 0.700. The number of hydrogen-bond donors (Lipinski definition) is 2. The van der Waals surface area contributed by atoms with Gasteiger partial charge in [-0.15, -0.1) is 0 Å². The molecule has 0 unspecified atom stereocenters. The molecule has 0 aromatic carbocycles. The lowest BCUT2D eigenvalue weighted by atomic mass is 10.3. The number of rotatable bonds is 10. The summed E-state index contributed by atoms with van der Waals surface area (Å²) < 4.78 is 25.2. The summed E-state index contributed by atoms with van der Waals surface area (Å²) >= 11 is 0. The molecular weight excluding hydrogens is 263 g/mol. The van der Waals surface area contributed by atoms with E-state index in [2.05, 4.69) is 6.58 Å². The van der Waals surface area contributed by atoms with E-state index in [1.807, 2.05) is 0 Å². The van der Waals surface area contributed by atoms with Gasteiger partial charge >= 0.3 is 13.6 Å². The summed E-state index contributed by atoms with van der Waals surface area (Å²) in [5.74, 6) is -0.500. The maximum atomic E-state index is 11.1. The third kappa shape index (κ3) is 10.4. The van der Waals surface area contributed by atoms with Gasteiger partial charge in [0.2, 0.25) is 0 Å². The molecule has 0 heterocycles. The third-order valence-corrected chi connectivity index (χ3v) is 2.50. The molecule has 0 aliphatic carbocycles. The van der Waals surface area contributed by atoms with Gasteiger partial charge in [-0.05, 0) is 6.92 Å². The van der Waals surface area contributed by atoms with Crippen molar-refractivity contribution in [3.05, 3.63) is 12.2 Å². The second-order valence-corrected chi connectivity index (χ2v) is 5.15. The highest BCUT2D eigenvalue weighted by Gasteiger charge is 2.11. The minimum absolute atomic E-state index is 0.0353. The molecule has 0 fully saturated rings. The van der Waals surface area contributed by atoms with Crippen LogP contribution in [0.5, 0.6) is 0 Å². The van der Waals surface area contributed by atoms with Crippen molar-refractivity contribution >= 4 is 13.6 Å². The lowest BCUT2D eigenvalue weighted by Gasteiger charge is -2.08. The molecule has 7 nitrogen and oxygen atoms in total. The first-order valence-electron chi connectivity index (χ1n) is 5.41. The van der Waals surface area contributed by atoms with E-state index in [0.717, 1.165) is 0 Å². The SMILES string of the molecule is C=C(COCCOCCP(=O)(O)O)C(=O)OCC. The molecule has 18 heavy (non-hydrogen) atoms. The average molecular weight is 282 g/mol.